The van der Waals surface area contributed by atoms with E-state index in [1.165, 1.54) is 6.07 Å². The van der Waals surface area contributed by atoms with Gasteiger partial charge in [0.05, 0.1) is 0 Å². The molecule has 0 bridgehead atoms. The predicted molar refractivity (Wildman–Crippen MR) is 129 cm³/mol. The van der Waals surface area contributed by atoms with Gasteiger partial charge in [-0.15, -0.1) is 0 Å². The van der Waals surface area contributed by atoms with Gasteiger partial charge in [-0.05, 0) is 55.2 Å². The van der Waals surface area contributed by atoms with Crippen LogP contribution in [0.2, 0.25) is 0 Å². The predicted octanol–water partition coefficient (Wildman–Crippen LogP) is 4.04. The van der Waals surface area contributed by atoms with Crippen molar-refractivity contribution in [3.63, 3.8) is 0 Å². The highest BCUT2D eigenvalue weighted by Crippen LogP contribution is 2.26. The van der Waals surface area contributed by atoms with E-state index in [4.69, 9.17) is 21.4 Å². The first-order chi connectivity index (χ1) is 15.4. The number of nitrogens with one attached hydrogen (secondary N) is 3. The number of carbonyl (C=O) groups is 1. The summed E-state index contributed by atoms with van der Waals surface area (Å²) in [6, 6.07) is 20.2. The number of aryl methyl sites for hydroxylation is 1. The summed E-state index contributed by atoms with van der Waals surface area (Å²) < 4.78 is 11.1. The number of amides is 1. The average Bonchev–Trinajstić information content (AvgIpc) is 2.77. The molecule has 0 saturated carbocycles. The lowest BCUT2D eigenvalue weighted by molar-refractivity contribution is -0.127. The van der Waals surface area contributed by atoms with E-state index in [2.05, 4.69) is 16.2 Å². The molecule has 4 aromatic rings. The van der Waals surface area contributed by atoms with Crippen molar-refractivity contribution in [3.05, 3.63) is 82.7 Å². The van der Waals surface area contributed by atoms with Gasteiger partial charge in [0.25, 0.3) is 5.91 Å². The summed E-state index contributed by atoms with van der Waals surface area (Å²) in [7, 11) is 0. The molecule has 0 fully saturated rings. The van der Waals surface area contributed by atoms with E-state index in [0.29, 0.717) is 17.0 Å². The molecule has 0 aliphatic rings. The van der Waals surface area contributed by atoms with Crippen molar-refractivity contribution < 1.29 is 13.9 Å². The molecule has 32 heavy (non-hydrogen) atoms. The van der Waals surface area contributed by atoms with Crippen molar-refractivity contribution in [2.45, 2.75) is 20.0 Å². The number of benzene rings is 3. The van der Waals surface area contributed by atoms with E-state index < -0.39 is 11.7 Å². The summed E-state index contributed by atoms with van der Waals surface area (Å²) in [5.41, 5.74) is 6.66. The SMILES string of the molecule is Cc1cc(=O)oc2cc(NC(=S)NNC(=O)[C@H](C)Oc3cccc4ccccc34)ccc12. The Labute approximate surface area is 189 Å². The highest BCUT2D eigenvalue weighted by molar-refractivity contribution is 7.80. The number of hydrogen-bond acceptors (Lipinski definition) is 5. The maximum Gasteiger partial charge on any atom is 0.336 e. The Morgan fingerprint density at radius 2 is 1.78 bits per heavy atom. The van der Waals surface area contributed by atoms with Gasteiger partial charge in [-0.3, -0.25) is 15.6 Å². The molecule has 1 amide bonds. The quantitative estimate of drug-likeness (QED) is 0.247. The van der Waals surface area contributed by atoms with Crippen molar-refractivity contribution in [1.82, 2.24) is 10.9 Å². The molecule has 3 aromatic carbocycles. The van der Waals surface area contributed by atoms with Crippen LogP contribution in [-0.2, 0) is 4.79 Å². The van der Waals surface area contributed by atoms with Crippen LogP contribution in [-0.4, -0.2) is 17.1 Å². The van der Waals surface area contributed by atoms with Gasteiger partial charge < -0.3 is 14.5 Å². The van der Waals surface area contributed by atoms with E-state index in [1.54, 1.807) is 19.1 Å². The molecule has 0 spiro atoms. The number of hydrazine groups is 1. The van der Waals surface area contributed by atoms with Gasteiger partial charge in [0, 0.05) is 28.6 Å². The van der Waals surface area contributed by atoms with E-state index >= 15 is 0 Å². The third kappa shape index (κ3) is 4.70. The summed E-state index contributed by atoms with van der Waals surface area (Å²) in [4.78, 5) is 24.1. The van der Waals surface area contributed by atoms with Crippen LogP contribution in [0, 0.1) is 6.92 Å². The van der Waals surface area contributed by atoms with Crippen molar-refractivity contribution in [1.29, 1.82) is 0 Å². The second kappa shape index (κ2) is 9.07. The second-order valence-corrected chi connectivity index (χ2v) is 7.67. The van der Waals surface area contributed by atoms with Crippen LogP contribution in [0.4, 0.5) is 5.69 Å². The molecule has 0 saturated heterocycles. The number of hydrogen-bond donors (Lipinski definition) is 3. The number of thiocarbonyl (C=S) groups is 1. The van der Waals surface area contributed by atoms with Crippen LogP contribution in [0.3, 0.4) is 0 Å². The van der Waals surface area contributed by atoms with Gasteiger partial charge >= 0.3 is 5.63 Å². The van der Waals surface area contributed by atoms with E-state index in [-0.39, 0.29) is 11.0 Å². The average molecular weight is 448 g/mol. The summed E-state index contributed by atoms with van der Waals surface area (Å²) >= 11 is 5.24. The van der Waals surface area contributed by atoms with Gasteiger partial charge in [-0.2, -0.15) is 0 Å². The maximum absolute atomic E-state index is 12.5. The van der Waals surface area contributed by atoms with Crippen molar-refractivity contribution in [2.75, 3.05) is 5.32 Å². The topological polar surface area (TPSA) is 92.6 Å². The molecule has 1 atom stereocenters. The summed E-state index contributed by atoms with van der Waals surface area (Å²) in [5.74, 6) is 0.238. The Kier molecular flexibility index (Phi) is 6.04. The molecule has 1 aromatic heterocycles. The fourth-order valence-electron chi connectivity index (χ4n) is 3.33. The smallest absolute Gasteiger partial charge is 0.336 e. The van der Waals surface area contributed by atoms with Crippen molar-refractivity contribution in [2.24, 2.45) is 0 Å². The van der Waals surface area contributed by atoms with Crippen LogP contribution in [0.1, 0.15) is 12.5 Å². The van der Waals surface area contributed by atoms with Crippen molar-refractivity contribution in [3.8, 4) is 5.75 Å². The molecule has 3 N–H and O–H groups in total. The van der Waals surface area contributed by atoms with Gasteiger partial charge in [0.2, 0.25) is 0 Å². The molecular formula is C24H21N3O4S. The van der Waals surface area contributed by atoms with Crippen LogP contribution in [0.25, 0.3) is 21.7 Å². The van der Waals surface area contributed by atoms with E-state index in [1.807, 2.05) is 55.5 Å². The number of carbonyl (C=O) groups excluding carboxylic acids is 1. The number of rotatable bonds is 4. The summed E-state index contributed by atoms with van der Waals surface area (Å²) in [6.45, 7) is 3.50. The Balaban J connectivity index is 1.35. The normalized spacial score (nSPS) is 11.7. The second-order valence-electron chi connectivity index (χ2n) is 7.27. The lowest BCUT2D eigenvalue weighted by Crippen LogP contribution is -2.48. The maximum atomic E-state index is 12.5. The zero-order valence-corrected chi connectivity index (χ0v) is 18.3. The highest BCUT2D eigenvalue weighted by Gasteiger charge is 2.16. The molecule has 8 heteroatoms. The van der Waals surface area contributed by atoms with E-state index in [0.717, 1.165) is 21.7 Å². The molecule has 0 aliphatic carbocycles. The Morgan fingerprint density at radius 3 is 2.62 bits per heavy atom. The molecular weight excluding hydrogens is 426 g/mol. The fourth-order valence-corrected chi connectivity index (χ4v) is 3.50. The standard InChI is InChI=1S/C24H21N3O4S/c1-14-12-22(28)31-21-13-17(10-11-18(14)21)25-24(32)27-26-23(29)15(2)30-20-9-5-7-16-6-3-4-8-19(16)20/h3-13,15H,1-2H3,(H,26,29)(H2,25,27,32)/t15-/m0/s1. The molecule has 0 aliphatic heterocycles. The third-order valence-corrected chi connectivity index (χ3v) is 5.14. The Morgan fingerprint density at radius 1 is 1.00 bits per heavy atom. The number of fused-ring (bicyclic) bond motifs is 2. The zero-order chi connectivity index (χ0) is 22.7. The van der Waals surface area contributed by atoms with Gasteiger partial charge in [-0.1, -0.05) is 36.4 Å². The van der Waals surface area contributed by atoms with Crippen LogP contribution in [0.5, 0.6) is 5.75 Å². The first-order valence-electron chi connectivity index (χ1n) is 9.96. The third-order valence-electron chi connectivity index (χ3n) is 4.93. The zero-order valence-electron chi connectivity index (χ0n) is 17.5. The van der Waals surface area contributed by atoms with Crippen LogP contribution in [0.15, 0.2) is 75.9 Å². The summed E-state index contributed by atoms with van der Waals surface area (Å²) in [5, 5.41) is 5.91. The van der Waals surface area contributed by atoms with Gasteiger partial charge in [0.15, 0.2) is 11.2 Å². The molecule has 7 nitrogen and oxygen atoms in total. The number of ether oxygens (including phenoxy) is 1. The minimum Gasteiger partial charge on any atom is -0.480 e. The largest absolute Gasteiger partial charge is 0.480 e. The van der Waals surface area contributed by atoms with Crippen LogP contribution < -0.4 is 26.5 Å². The lowest BCUT2D eigenvalue weighted by atomic mass is 10.1. The van der Waals surface area contributed by atoms with Crippen molar-refractivity contribution >= 4 is 50.7 Å². The molecule has 0 radical (unpaired) electrons. The highest BCUT2D eigenvalue weighted by atomic mass is 32.1. The molecule has 162 valence electrons. The van der Waals surface area contributed by atoms with Gasteiger partial charge in [0.1, 0.15) is 11.3 Å². The molecule has 0 unspecified atom stereocenters. The first-order valence-corrected chi connectivity index (χ1v) is 10.4. The van der Waals surface area contributed by atoms with E-state index in [9.17, 15) is 9.59 Å². The summed E-state index contributed by atoms with van der Waals surface area (Å²) in [6.07, 6.45) is -0.756. The van der Waals surface area contributed by atoms with Crippen LogP contribution >= 0.6 is 12.2 Å². The lowest BCUT2D eigenvalue weighted by Gasteiger charge is -2.17. The Hall–Kier alpha value is -3.91. The first kappa shape index (κ1) is 21.3. The Bertz CT molecular complexity index is 1380. The molecule has 1 heterocycles. The minimum atomic E-state index is -0.756. The monoisotopic (exact) mass is 447 g/mol. The number of anilines is 1. The minimum absolute atomic E-state index is 0.171. The van der Waals surface area contributed by atoms with Gasteiger partial charge in [-0.25, -0.2) is 4.79 Å². The fraction of sp³-hybridized carbons (Fsp3) is 0.125. The molecule has 4 rings (SSSR count).